The number of nitrogens with one attached hydrogen (secondary N) is 1. The Kier molecular flexibility index (Phi) is 6.75. The van der Waals surface area contributed by atoms with Crippen molar-refractivity contribution in [1.82, 2.24) is 0 Å². The number of nitrogens with two attached hydrogens (primary N) is 1. The predicted molar refractivity (Wildman–Crippen MR) is 82.1 cm³/mol. The van der Waals surface area contributed by atoms with Gasteiger partial charge in [-0.2, -0.15) is 0 Å². The number of ether oxygens (including phenoxy) is 1. The van der Waals surface area contributed by atoms with Gasteiger partial charge in [0.15, 0.2) is 0 Å². The summed E-state index contributed by atoms with van der Waals surface area (Å²) in [6.45, 7) is -0.108. The van der Waals surface area contributed by atoms with Gasteiger partial charge in [-0.1, -0.05) is 12.1 Å². The molecule has 22 heavy (non-hydrogen) atoms. The normalized spacial score (nSPS) is 9.77. The van der Waals surface area contributed by atoms with Gasteiger partial charge in [0.2, 0.25) is 5.91 Å². The van der Waals surface area contributed by atoms with E-state index in [0.717, 1.165) is 6.07 Å². The number of benzene rings is 2. The zero-order chi connectivity index (χ0) is 15.2. The average molecular weight is 329 g/mol. The van der Waals surface area contributed by atoms with Crippen LogP contribution in [-0.4, -0.2) is 12.5 Å². The molecule has 0 saturated heterocycles. The molecular formula is C15H15ClF2N2O2. The Morgan fingerprint density at radius 1 is 1.18 bits per heavy atom. The minimum absolute atomic E-state index is 0. The van der Waals surface area contributed by atoms with E-state index < -0.39 is 11.7 Å². The van der Waals surface area contributed by atoms with Gasteiger partial charge in [-0.15, -0.1) is 12.4 Å². The van der Waals surface area contributed by atoms with E-state index in [9.17, 15) is 13.6 Å². The van der Waals surface area contributed by atoms with Crippen LogP contribution in [0.25, 0.3) is 0 Å². The maximum Gasteiger partial charge on any atom is 0.238 e. The Hall–Kier alpha value is -2.18. The number of hydrogen-bond donors (Lipinski definition) is 2. The Morgan fingerprint density at radius 2 is 1.95 bits per heavy atom. The molecule has 3 N–H and O–H groups in total. The third kappa shape index (κ3) is 4.98. The number of carbonyl (C=O) groups is 1. The van der Waals surface area contributed by atoms with Crippen LogP contribution < -0.4 is 15.8 Å². The monoisotopic (exact) mass is 328 g/mol. The summed E-state index contributed by atoms with van der Waals surface area (Å²) in [5, 5.41) is 2.32. The molecule has 0 saturated carbocycles. The average Bonchev–Trinajstić information content (AvgIpc) is 2.47. The second-order valence-electron chi connectivity index (χ2n) is 4.31. The van der Waals surface area contributed by atoms with Crippen LogP contribution in [0, 0.1) is 11.6 Å². The summed E-state index contributed by atoms with van der Waals surface area (Å²) in [5.41, 5.74) is 5.80. The highest BCUT2D eigenvalue weighted by molar-refractivity contribution is 5.92. The summed E-state index contributed by atoms with van der Waals surface area (Å²) < 4.78 is 32.1. The van der Waals surface area contributed by atoms with Crippen molar-refractivity contribution in [3.05, 3.63) is 59.7 Å². The van der Waals surface area contributed by atoms with E-state index in [4.69, 9.17) is 10.5 Å². The molecule has 2 rings (SSSR count). The number of rotatable bonds is 5. The zero-order valence-electron chi connectivity index (χ0n) is 11.5. The molecule has 1 amide bonds. The van der Waals surface area contributed by atoms with Crippen LogP contribution in [0.4, 0.5) is 14.5 Å². The van der Waals surface area contributed by atoms with Crippen LogP contribution in [-0.2, 0) is 11.4 Å². The van der Waals surface area contributed by atoms with E-state index in [0.29, 0.717) is 5.56 Å². The Balaban J connectivity index is 0.00000242. The molecule has 118 valence electrons. The highest BCUT2D eigenvalue weighted by Crippen LogP contribution is 2.21. The standard InChI is InChI=1S/C15H14F2N2O2.ClH/c16-11-3-1-2-10(6-11)9-21-12-4-5-14(13(17)7-12)19-15(20)8-18;/h1-7H,8-9,18H2,(H,19,20);1H. The van der Waals surface area contributed by atoms with Gasteiger partial charge in [-0.3, -0.25) is 4.79 Å². The molecule has 4 nitrogen and oxygen atoms in total. The zero-order valence-corrected chi connectivity index (χ0v) is 12.3. The molecule has 0 aliphatic rings. The molecule has 0 atom stereocenters. The van der Waals surface area contributed by atoms with Crippen LogP contribution in [0.5, 0.6) is 5.75 Å². The van der Waals surface area contributed by atoms with Crippen LogP contribution >= 0.6 is 12.4 Å². The number of anilines is 1. The molecule has 0 bridgehead atoms. The highest BCUT2D eigenvalue weighted by atomic mass is 35.5. The molecule has 2 aromatic rings. The van der Waals surface area contributed by atoms with Gasteiger partial charge in [-0.25, -0.2) is 8.78 Å². The van der Waals surface area contributed by atoms with Crippen molar-refractivity contribution in [2.75, 3.05) is 11.9 Å². The van der Waals surface area contributed by atoms with Crippen LogP contribution in [0.3, 0.4) is 0 Å². The quantitative estimate of drug-likeness (QED) is 0.887. The number of hydrogen-bond acceptors (Lipinski definition) is 3. The first kappa shape index (κ1) is 17.9. The summed E-state index contributed by atoms with van der Waals surface area (Å²) >= 11 is 0. The summed E-state index contributed by atoms with van der Waals surface area (Å²) in [6.07, 6.45) is 0. The fourth-order valence-electron chi connectivity index (χ4n) is 1.68. The van der Waals surface area contributed by atoms with Crippen molar-refractivity contribution >= 4 is 24.0 Å². The molecule has 0 unspecified atom stereocenters. The maximum absolute atomic E-state index is 13.7. The minimum atomic E-state index is -0.631. The Labute approximate surface area is 132 Å². The Bertz CT molecular complexity index is 653. The van der Waals surface area contributed by atoms with Crippen molar-refractivity contribution < 1.29 is 18.3 Å². The van der Waals surface area contributed by atoms with E-state index in [1.807, 2.05) is 0 Å². The maximum atomic E-state index is 13.7. The molecule has 0 radical (unpaired) electrons. The van der Waals surface area contributed by atoms with Crippen molar-refractivity contribution in [3.8, 4) is 5.75 Å². The molecule has 0 fully saturated rings. The van der Waals surface area contributed by atoms with Gasteiger partial charge in [-0.05, 0) is 29.8 Å². The van der Waals surface area contributed by atoms with Crippen molar-refractivity contribution in [3.63, 3.8) is 0 Å². The van der Waals surface area contributed by atoms with Gasteiger partial charge in [0.25, 0.3) is 0 Å². The number of amides is 1. The molecule has 2 aromatic carbocycles. The molecule has 0 aromatic heterocycles. The summed E-state index contributed by atoms with van der Waals surface area (Å²) in [7, 11) is 0. The fourth-order valence-corrected chi connectivity index (χ4v) is 1.68. The van der Waals surface area contributed by atoms with Crippen LogP contribution in [0.1, 0.15) is 5.56 Å². The smallest absolute Gasteiger partial charge is 0.238 e. The largest absolute Gasteiger partial charge is 0.489 e. The van der Waals surface area contributed by atoms with E-state index in [1.165, 1.54) is 24.3 Å². The third-order valence-electron chi connectivity index (χ3n) is 2.69. The molecule has 0 aliphatic heterocycles. The molecular weight excluding hydrogens is 314 g/mol. The fraction of sp³-hybridized carbons (Fsp3) is 0.133. The van der Waals surface area contributed by atoms with Gasteiger partial charge in [0.05, 0.1) is 12.2 Å². The van der Waals surface area contributed by atoms with Crippen molar-refractivity contribution in [1.29, 1.82) is 0 Å². The first-order valence-electron chi connectivity index (χ1n) is 6.25. The van der Waals surface area contributed by atoms with Gasteiger partial charge in [0.1, 0.15) is 24.0 Å². The van der Waals surface area contributed by atoms with Crippen molar-refractivity contribution in [2.45, 2.75) is 6.61 Å². The number of halogens is 3. The highest BCUT2D eigenvalue weighted by Gasteiger charge is 2.07. The minimum Gasteiger partial charge on any atom is -0.489 e. The van der Waals surface area contributed by atoms with E-state index in [2.05, 4.69) is 5.32 Å². The number of carbonyl (C=O) groups excluding carboxylic acids is 1. The topological polar surface area (TPSA) is 64.4 Å². The lowest BCUT2D eigenvalue weighted by Crippen LogP contribution is -2.22. The molecule has 7 heteroatoms. The van der Waals surface area contributed by atoms with Crippen molar-refractivity contribution in [2.24, 2.45) is 5.73 Å². The lowest BCUT2D eigenvalue weighted by molar-refractivity contribution is -0.114. The predicted octanol–water partition coefficient (Wildman–Crippen LogP) is 2.86. The Morgan fingerprint density at radius 3 is 2.59 bits per heavy atom. The second-order valence-corrected chi connectivity index (χ2v) is 4.31. The molecule has 0 heterocycles. The van der Waals surface area contributed by atoms with E-state index in [-0.39, 0.29) is 42.8 Å². The lowest BCUT2D eigenvalue weighted by atomic mass is 10.2. The summed E-state index contributed by atoms with van der Waals surface area (Å²) in [6, 6.07) is 9.98. The molecule has 0 spiro atoms. The van der Waals surface area contributed by atoms with Crippen LogP contribution in [0.15, 0.2) is 42.5 Å². The van der Waals surface area contributed by atoms with E-state index in [1.54, 1.807) is 12.1 Å². The molecule has 0 aliphatic carbocycles. The van der Waals surface area contributed by atoms with Gasteiger partial charge in [0, 0.05) is 6.07 Å². The first-order valence-corrected chi connectivity index (χ1v) is 6.25. The first-order chi connectivity index (χ1) is 10.1. The van der Waals surface area contributed by atoms with E-state index >= 15 is 0 Å². The lowest BCUT2D eigenvalue weighted by Gasteiger charge is -2.09. The SMILES string of the molecule is Cl.NCC(=O)Nc1ccc(OCc2cccc(F)c2)cc1F. The van der Waals surface area contributed by atoms with Gasteiger partial charge >= 0.3 is 0 Å². The third-order valence-corrected chi connectivity index (χ3v) is 2.69. The van der Waals surface area contributed by atoms with Gasteiger partial charge < -0.3 is 15.8 Å². The van der Waals surface area contributed by atoms with Crippen LogP contribution in [0.2, 0.25) is 0 Å². The second kappa shape index (κ2) is 8.31. The summed E-state index contributed by atoms with van der Waals surface area (Å²) in [4.78, 5) is 11.1. The summed E-state index contributed by atoms with van der Waals surface area (Å²) in [5.74, 6) is -1.19.